The molecule has 1 aliphatic rings. The Morgan fingerprint density at radius 1 is 1.64 bits per heavy atom. The van der Waals surface area contributed by atoms with E-state index in [1.807, 2.05) is 0 Å². The van der Waals surface area contributed by atoms with E-state index < -0.39 is 5.97 Å². The lowest BCUT2D eigenvalue weighted by molar-refractivity contribution is -0.137. The van der Waals surface area contributed by atoms with Crippen molar-refractivity contribution in [2.45, 2.75) is 38.0 Å². The molecule has 0 spiro atoms. The lowest BCUT2D eigenvalue weighted by atomic mass is 9.80. The van der Waals surface area contributed by atoms with Crippen LogP contribution in [0.25, 0.3) is 0 Å². The third-order valence-electron chi connectivity index (χ3n) is 2.79. The quantitative estimate of drug-likeness (QED) is 0.797. The molecule has 0 radical (unpaired) electrons. The van der Waals surface area contributed by atoms with Crippen LogP contribution in [-0.2, 0) is 11.2 Å². The van der Waals surface area contributed by atoms with Crippen LogP contribution in [0.2, 0.25) is 0 Å². The normalized spacial score (nSPS) is 16.6. The van der Waals surface area contributed by atoms with Crippen molar-refractivity contribution < 1.29 is 14.4 Å². The van der Waals surface area contributed by atoms with E-state index in [1.54, 1.807) is 6.20 Å². The van der Waals surface area contributed by atoms with E-state index >= 15 is 0 Å². The van der Waals surface area contributed by atoms with Gasteiger partial charge in [-0.05, 0) is 18.8 Å². The second kappa shape index (κ2) is 3.82. The zero-order chi connectivity index (χ0) is 9.97. The Bertz CT molecular complexity index is 328. The lowest BCUT2D eigenvalue weighted by Gasteiger charge is -2.24. The van der Waals surface area contributed by atoms with Gasteiger partial charge in [-0.25, -0.2) is 0 Å². The molecule has 4 nitrogen and oxygen atoms in total. The van der Waals surface area contributed by atoms with E-state index in [4.69, 9.17) is 9.63 Å². The molecule has 1 N–H and O–H groups in total. The lowest BCUT2D eigenvalue weighted by Crippen LogP contribution is -2.10. The molecule has 1 aliphatic carbocycles. The minimum atomic E-state index is -0.791. The molecule has 1 heterocycles. The number of rotatable bonds is 4. The minimum absolute atomic E-state index is 0.120. The van der Waals surface area contributed by atoms with Crippen molar-refractivity contribution in [1.29, 1.82) is 0 Å². The molecule has 76 valence electrons. The minimum Gasteiger partial charge on any atom is -0.481 e. The summed E-state index contributed by atoms with van der Waals surface area (Å²) < 4.78 is 5.06. The highest BCUT2D eigenvalue weighted by atomic mass is 16.5. The summed E-state index contributed by atoms with van der Waals surface area (Å²) in [7, 11) is 0. The fraction of sp³-hybridized carbons (Fsp3) is 0.600. The van der Waals surface area contributed by atoms with Crippen LogP contribution in [0.3, 0.4) is 0 Å². The van der Waals surface area contributed by atoms with Crippen molar-refractivity contribution in [2.24, 2.45) is 0 Å². The first-order valence-corrected chi connectivity index (χ1v) is 4.92. The van der Waals surface area contributed by atoms with E-state index in [9.17, 15) is 4.79 Å². The smallest absolute Gasteiger partial charge is 0.303 e. The van der Waals surface area contributed by atoms with Gasteiger partial charge in [0.2, 0.25) is 0 Å². The summed E-state index contributed by atoms with van der Waals surface area (Å²) in [5.41, 5.74) is 1.12. The van der Waals surface area contributed by atoms with Crippen molar-refractivity contribution >= 4 is 5.97 Å². The molecule has 4 heteroatoms. The molecule has 14 heavy (non-hydrogen) atoms. The van der Waals surface area contributed by atoms with Crippen LogP contribution < -0.4 is 0 Å². The number of hydrogen-bond donors (Lipinski definition) is 1. The molecule has 0 atom stereocenters. The SMILES string of the molecule is O=C(O)CCc1oncc1C1CCC1. The van der Waals surface area contributed by atoms with Gasteiger partial charge in [0, 0.05) is 12.0 Å². The van der Waals surface area contributed by atoms with Crippen molar-refractivity contribution in [1.82, 2.24) is 5.16 Å². The maximum atomic E-state index is 10.4. The molecule has 1 fully saturated rings. The van der Waals surface area contributed by atoms with Gasteiger partial charge in [0.1, 0.15) is 5.76 Å². The fourth-order valence-electron chi connectivity index (χ4n) is 1.73. The zero-order valence-corrected chi connectivity index (χ0v) is 7.90. The summed E-state index contributed by atoms with van der Waals surface area (Å²) in [6.07, 6.45) is 5.94. The molecular formula is C10H13NO3. The van der Waals surface area contributed by atoms with Crippen molar-refractivity contribution in [3.63, 3.8) is 0 Å². The van der Waals surface area contributed by atoms with E-state index in [2.05, 4.69) is 5.16 Å². The number of aliphatic carboxylic acids is 1. The molecule has 0 bridgehead atoms. The molecule has 0 unspecified atom stereocenters. The standard InChI is InChI=1S/C10H13NO3/c12-10(13)5-4-9-8(6-11-14-9)7-2-1-3-7/h6-7H,1-5H2,(H,12,13). The molecule has 1 aromatic heterocycles. The van der Waals surface area contributed by atoms with Crippen LogP contribution in [0, 0.1) is 0 Å². The van der Waals surface area contributed by atoms with E-state index in [-0.39, 0.29) is 6.42 Å². The summed E-state index contributed by atoms with van der Waals surface area (Å²) in [5, 5.41) is 12.3. The highest BCUT2D eigenvalue weighted by Gasteiger charge is 2.24. The average molecular weight is 195 g/mol. The Morgan fingerprint density at radius 2 is 2.43 bits per heavy atom. The van der Waals surface area contributed by atoms with Crippen LogP contribution in [0.15, 0.2) is 10.7 Å². The number of carbonyl (C=O) groups is 1. The molecule has 0 aliphatic heterocycles. The molecule has 0 saturated heterocycles. The molecule has 0 aromatic carbocycles. The monoisotopic (exact) mass is 195 g/mol. The summed E-state index contributed by atoms with van der Waals surface area (Å²) in [6.45, 7) is 0. The summed E-state index contributed by atoms with van der Waals surface area (Å²) >= 11 is 0. The van der Waals surface area contributed by atoms with Crippen molar-refractivity contribution in [2.75, 3.05) is 0 Å². The summed E-state index contributed by atoms with van der Waals surface area (Å²) in [6, 6.07) is 0. The Labute approximate surface area is 81.9 Å². The van der Waals surface area contributed by atoms with Gasteiger partial charge in [0.25, 0.3) is 0 Å². The third-order valence-corrected chi connectivity index (χ3v) is 2.79. The van der Waals surface area contributed by atoms with Crippen LogP contribution in [0.5, 0.6) is 0 Å². The van der Waals surface area contributed by atoms with Crippen LogP contribution in [0.1, 0.15) is 42.9 Å². The van der Waals surface area contributed by atoms with Gasteiger partial charge in [0.05, 0.1) is 12.6 Å². The Morgan fingerprint density at radius 3 is 3.00 bits per heavy atom. The largest absolute Gasteiger partial charge is 0.481 e. The van der Waals surface area contributed by atoms with Gasteiger partial charge in [0.15, 0.2) is 0 Å². The second-order valence-electron chi connectivity index (χ2n) is 3.73. The van der Waals surface area contributed by atoms with E-state index in [1.165, 1.54) is 19.3 Å². The molecule has 0 amide bonds. The van der Waals surface area contributed by atoms with Crippen LogP contribution in [-0.4, -0.2) is 16.2 Å². The Kier molecular flexibility index (Phi) is 2.52. The highest BCUT2D eigenvalue weighted by Crippen LogP contribution is 2.38. The third kappa shape index (κ3) is 1.78. The first-order valence-electron chi connectivity index (χ1n) is 4.92. The first-order chi connectivity index (χ1) is 6.77. The number of hydrogen-bond acceptors (Lipinski definition) is 3. The Balaban J connectivity index is 2.01. The van der Waals surface area contributed by atoms with Crippen molar-refractivity contribution in [3.8, 4) is 0 Å². The number of aromatic nitrogens is 1. The van der Waals surface area contributed by atoms with Crippen molar-refractivity contribution in [3.05, 3.63) is 17.5 Å². The van der Waals surface area contributed by atoms with Gasteiger partial charge >= 0.3 is 5.97 Å². The predicted octanol–water partition coefficient (Wildman–Crippen LogP) is 1.96. The number of carboxylic acids is 1. The Hall–Kier alpha value is -1.32. The maximum absolute atomic E-state index is 10.4. The van der Waals surface area contributed by atoms with Gasteiger partial charge < -0.3 is 9.63 Å². The maximum Gasteiger partial charge on any atom is 0.303 e. The number of carboxylic acid groups (broad SMARTS) is 1. The molecule has 2 rings (SSSR count). The van der Waals surface area contributed by atoms with Gasteiger partial charge in [-0.1, -0.05) is 11.6 Å². The molecular weight excluding hydrogens is 182 g/mol. The molecule has 1 saturated carbocycles. The van der Waals surface area contributed by atoms with Gasteiger partial charge in [-0.2, -0.15) is 0 Å². The topological polar surface area (TPSA) is 63.3 Å². The summed E-state index contributed by atoms with van der Waals surface area (Å²) in [4.78, 5) is 10.4. The van der Waals surface area contributed by atoms with E-state index in [0.29, 0.717) is 12.3 Å². The summed E-state index contributed by atoms with van der Waals surface area (Å²) in [5.74, 6) is 0.531. The van der Waals surface area contributed by atoms with E-state index in [0.717, 1.165) is 11.3 Å². The first kappa shape index (κ1) is 9.24. The zero-order valence-electron chi connectivity index (χ0n) is 7.90. The highest BCUT2D eigenvalue weighted by molar-refractivity contribution is 5.67. The fourth-order valence-corrected chi connectivity index (χ4v) is 1.73. The van der Waals surface area contributed by atoms with Crippen LogP contribution in [0.4, 0.5) is 0 Å². The number of aryl methyl sites for hydroxylation is 1. The van der Waals surface area contributed by atoms with Gasteiger partial charge in [-0.15, -0.1) is 0 Å². The van der Waals surface area contributed by atoms with Crippen LogP contribution >= 0.6 is 0 Å². The second-order valence-corrected chi connectivity index (χ2v) is 3.73. The van der Waals surface area contributed by atoms with Gasteiger partial charge in [-0.3, -0.25) is 4.79 Å². The predicted molar refractivity (Wildman–Crippen MR) is 49.1 cm³/mol. The molecule has 1 aromatic rings. The number of nitrogens with zero attached hydrogens (tertiary/aromatic N) is 1. The average Bonchev–Trinajstić information content (AvgIpc) is 2.46.